The van der Waals surface area contributed by atoms with E-state index in [0.29, 0.717) is 0 Å². The first-order chi connectivity index (χ1) is 10.1. The molecule has 1 aromatic carbocycles. The molecule has 1 heterocycles. The highest BCUT2D eigenvalue weighted by atomic mass is 16.5. The third-order valence-electron chi connectivity index (χ3n) is 3.98. The summed E-state index contributed by atoms with van der Waals surface area (Å²) in [6.07, 6.45) is 0.973. The molecular formula is C16H24N2O3. The number of benzene rings is 1. The van der Waals surface area contributed by atoms with Crippen LogP contribution in [0.5, 0.6) is 11.5 Å². The van der Waals surface area contributed by atoms with Gasteiger partial charge in [0.15, 0.2) is 11.5 Å². The van der Waals surface area contributed by atoms with Gasteiger partial charge < -0.3 is 14.4 Å². The average molecular weight is 292 g/mol. The normalized spacial score (nSPS) is 15.9. The van der Waals surface area contributed by atoms with Gasteiger partial charge in [-0.2, -0.15) is 0 Å². The third kappa shape index (κ3) is 4.11. The van der Waals surface area contributed by atoms with Crippen LogP contribution in [0, 0.1) is 0 Å². The van der Waals surface area contributed by atoms with Gasteiger partial charge in [-0.1, -0.05) is 6.07 Å². The van der Waals surface area contributed by atoms with E-state index in [0.717, 1.165) is 50.6 Å². The maximum atomic E-state index is 11.3. The predicted molar refractivity (Wildman–Crippen MR) is 81.9 cm³/mol. The molecule has 1 amide bonds. The molecule has 0 atom stereocenters. The summed E-state index contributed by atoms with van der Waals surface area (Å²) >= 11 is 0. The molecule has 0 spiro atoms. The van der Waals surface area contributed by atoms with E-state index in [4.69, 9.17) is 9.47 Å². The van der Waals surface area contributed by atoms with E-state index in [2.05, 4.69) is 11.0 Å². The first-order valence-electron chi connectivity index (χ1n) is 7.33. The number of methoxy groups -OCH3 is 2. The van der Waals surface area contributed by atoms with Crippen LogP contribution in [-0.2, 0) is 11.2 Å². The number of amides is 1. The van der Waals surface area contributed by atoms with Crippen LogP contribution < -0.4 is 9.47 Å². The molecule has 1 saturated heterocycles. The number of carbonyl (C=O) groups excluding carboxylic acids is 1. The second-order valence-corrected chi connectivity index (χ2v) is 5.29. The summed E-state index contributed by atoms with van der Waals surface area (Å²) in [7, 11) is 3.30. The van der Waals surface area contributed by atoms with Gasteiger partial charge in [-0.15, -0.1) is 0 Å². The molecule has 1 aliphatic rings. The summed E-state index contributed by atoms with van der Waals surface area (Å²) in [5.41, 5.74) is 1.24. The predicted octanol–water partition coefficient (Wildman–Crippen LogP) is 1.41. The van der Waals surface area contributed by atoms with Crippen molar-refractivity contribution in [2.45, 2.75) is 13.3 Å². The van der Waals surface area contributed by atoms with E-state index < -0.39 is 0 Å². The van der Waals surface area contributed by atoms with Crippen molar-refractivity contribution in [3.05, 3.63) is 23.8 Å². The topological polar surface area (TPSA) is 42.0 Å². The van der Waals surface area contributed by atoms with Gasteiger partial charge in [0.05, 0.1) is 14.2 Å². The number of rotatable bonds is 5. The second-order valence-electron chi connectivity index (χ2n) is 5.29. The lowest BCUT2D eigenvalue weighted by molar-refractivity contribution is -0.130. The van der Waals surface area contributed by atoms with E-state index in [1.165, 1.54) is 5.56 Å². The van der Waals surface area contributed by atoms with E-state index in [1.54, 1.807) is 21.1 Å². The highest BCUT2D eigenvalue weighted by Gasteiger charge is 2.18. The SMILES string of the molecule is COc1ccc(CCN2CCN(C(C)=O)CC2)cc1OC. The smallest absolute Gasteiger partial charge is 0.219 e. The molecule has 21 heavy (non-hydrogen) atoms. The Balaban J connectivity index is 1.85. The van der Waals surface area contributed by atoms with E-state index in [-0.39, 0.29) is 5.91 Å². The van der Waals surface area contributed by atoms with Crippen LogP contribution in [0.1, 0.15) is 12.5 Å². The fourth-order valence-electron chi connectivity index (χ4n) is 2.61. The molecule has 1 aliphatic heterocycles. The number of carbonyl (C=O) groups is 1. The Morgan fingerprint density at radius 3 is 2.33 bits per heavy atom. The molecule has 0 bridgehead atoms. The minimum absolute atomic E-state index is 0.176. The van der Waals surface area contributed by atoms with Gasteiger partial charge in [-0.05, 0) is 24.1 Å². The fourth-order valence-corrected chi connectivity index (χ4v) is 2.61. The fraction of sp³-hybridized carbons (Fsp3) is 0.562. The third-order valence-corrected chi connectivity index (χ3v) is 3.98. The summed E-state index contributed by atoms with van der Waals surface area (Å²) in [6.45, 7) is 6.21. The van der Waals surface area contributed by atoms with E-state index >= 15 is 0 Å². The lowest BCUT2D eigenvalue weighted by atomic mass is 10.1. The first-order valence-corrected chi connectivity index (χ1v) is 7.33. The number of ether oxygens (including phenoxy) is 2. The molecule has 0 unspecified atom stereocenters. The molecule has 5 nitrogen and oxygen atoms in total. The van der Waals surface area contributed by atoms with Gasteiger partial charge in [0.2, 0.25) is 5.91 Å². The Morgan fingerprint density at radius 1 is 1.10 bits per heavy atom. The summed E-state index contributed by atoms with van der Waals surface area (Å²) in [6, 6.07) is 6.06. The summed E-state index contributed by atoms with van der Waals surface area (Å²) in [5.74, 6) is 1.71. The van der Waals surface area contributed by atoms with Crippen molar-refractivity contribution >= 4 is 5.91 Å². The number of nitrogens with zero attached hydrogens (tertiary/aromatic N) is 2. The summed E-state index contributed by atoms with van der Waals surface area (Å²) in [5, 5.41) is 0. The van der Waals surface area contributed by atoms with Gasteiger partial charge in [-0.25, -0.2) is 0 Å². The Hall–Kier alpha value is -1.75. The monoisotopic (exact) mass is 292 g/mol. The number of hydrogen-bond acceptors (Lipinski definition) is 4. The van der Waals surface area contributed by atoms with Crippen LogP contribution in [0.3, 0.4) is 0 Å². The van der Waals surface area contributed by atoms with Crippen molar-refractivity contribution < 1.29 is 14.3 Å². The molecule has 1 aromatic rings. The lowest BCUT2D eigenvalue weighted by Gasteiger charge is -2.34. The van der Waals surface area contributed by atoms with Crippen molar-refractivity contribution in [2.24, 2.45) is 0 Å². The maximum Gasteiger partial charge on any atom is 0.219 e. The van der Waals surface area contributed by atoms with Crippen LogP contribution >= 0.6 is 0 Å². The molecule has 0 aliphatic carbocycles. The Labute approximate surface area is 126 Å². The zero-order chi connectivity index (χ0) is 15.2. The van der Waals surface area contributed by atoms with Crippen LogP contribution in [0.25, 0.3) is 0 Å². The van der Waals surface area contributed by atoms with Crippen molar-refractivity contribution in [2.75, 3.05) is 46.9 Å². The van der Waals surface area contributed by atoms with Crippen LogP contribution in [0.4, 0.5) is 0 Å². The van der Waals surface area contributed by atoms with E-state index in [9.17, 15) is 4.79 Å². The highest BCUT2D eigenvalue weighted by molar-refractivity contribution is 5.73. The van der Waals surface area contributed by atoms with Gasteiger partial charge in [-0.3, -0.25) is 9.69 Å². The quantitative estimate of drug-likeness (QED) is 0.823. The zero-order valence-electron chi connectivity index (χ0n) is 13.1. The van der Waals surface area contributed by atoms with Crippen molar-refractivity contribution in [3.8, 4) is 11.5 Å². The Kier molecular flexibility index (Phi) is 5.44. The minimum atomic E-state index is 0.176. The standard InChI is InChI=1S/C16H24N2O3/c1-13(19)18-10-8-17(9-11-18)7-6-14-4-5-15(20-2)16(12-14)21-3/h4-5,12H,6-11H2,1-3H3. The van der Waals surface area contributed by atoms with Crippen LogP contribution in [0.15, 0.2) is 18.2 Å². The average Bonchev–Trinajstić information content (AvgIpc) is 2.52. The van der Waals surface area contributed by atoms with Crippen molar-refractivity contribution in [1.29, 1.82) is 0 Å². The molecule has 0 saturated carbocycles. The molecule has 116 valence electrons. The molecule has 0 N–H and O–H groups in total. The van der Waals surface area contributed by atoms with Gasteiger partial charge in [0, 0.05) is 39.6 Å². The molecule has 0 aromatic heterocycles. The summed E-state index contributed by atoms with van der Waals surface area (Å²) in [4.78, 5) is 15.6. The summed E-state index contributed by atoms with van der Waals surface area (Å²) < 4.78 is 10.6. The van der Waals surface area contributed by atoms with Crippen molar-refractivity contribution in [3.63, 3.8) is 0 Å². The van der Waals surface area contributed by atoms with E-state index in [1.807, 2.05) is 17.0 Å². The van der Waals surface area contributed by atoms with Crippen LogP contribution in [0.2, 0.25) is 0 Å². The Bertz CT molecular complexity index is 482. The molecule has 0 radical (unpaired) electrons. The lowest BCUT2D eigenvalue weighted by Crippen LogP contribution is -2.48. The zero-order valence-corrected chi connectivity index (χ0v) is 13.1. The van der Waals surface area contributed by atoms with Crippen molar-refractivity contribution in [1.82, 2.24) is 9.80 Å². The maximum absolute atomic E-state index is 11.3. The molecular weight excluding hydrogens is 268 g/mol. The number of piperazine rings is 1. The highest BCUT2D eigenvalue weighted by Crippen LogP contribution is 2.27. The molecule has 5 heteroatoms. The van der Waals surface area contributed by atoms with Gasteiger partial charge >= 0.3 is 0 Å². The largest absolute Gasteiger partial charge is 0.493 e. The van der Waals surface area contributed by atoms with Crippen LogP contribution in [-0.4, -0.2) is 62.7 Å². The molecule has 2 rings (SSSR count). The van der Waals surface area contributed by atoms with Gasteiger partial charge in [0.1, 0.15) is 0 Å². The van der Waals surface area contributed by atoms with Gasteiger partial charge in [0.25, 0.3) is 0 Å². The minimum Gasteiger partial charge on any atom is -0.493 e. The number of hydrogen-bond donors (Lipinski definition) is 0. The molecule has 1 fully saturated rings. The Morgan fingerprint density at radius 2 is 1.76 bits per heavy atom. The first kappa shape index (κ1) is 15.6. The second kappa shape index (κ2) is 7.31.